The SMILES string of the molecule is CC1CCN(C(=O)c2cncc(Br)c2)C(CN)C1. The van der Waals surface area contributed by atoms with Crippen LogP contribution < -0.4 is 5.73 Å². The van der Waals surface area contributed by atoms with Crippen molar-refractivity contribution in [3.8, 4) is 0 Å². The van der Waals surface area contributed by atoms with Gasteiger partial charge in [-0.25, -0.2) is 0 Å². The number of amides is 1. The van der Waals surface area contributed by atoms with Crippen LogP contribution in [0.5, 0.6) is 0 Å². The molecule has 18 heavy (non-hydrogen) atoms. The number of carbonyl (C=O) groups excluding carboxylic acids is 1. The Bertz CT molecular complexity index is 438. The Morgan fingerprint density at radius 1 is 1.61 bits per heavy atom. The Balaban J connectivity index is 2.17. The van der Waals surface area contributed by atoms with Gasteiger partial charge in [0.25, 0.3) is 5.91 Å². The summed E-state index contributed by atoms with van der Waals surface area (Å²) in [6.07, 6.45) is 5.32. The van der Waals surface area contributed by atoms with Gasteiger partial charge >= 0.3 is 0 Å². The van der Waals surface area contributed by atoms with E-state index in [1.165, 1.54) is 0 Å². The van der Waals surface area contributed by atoms with Crippen LogP contribution in [-0.4, -0.2) is 34.9 Å². The van der Waals surface area contributed by atoms with E-state index in [9.17, 15) is 4.79 Å². The van der Waals surface area contributed by atoms with Crippen LogP contribution in [-0.2, 0) is 0 Å². The Hall–Kier alpha value is -0.940. The van der Waals surface area contributed by atoms with E-state index >= 15 is 0 Å². The number of hydrogen-bond donors (Lipinski definition) is 1. The van der Waals surface area contributed by atoms with Gasteiger partial charge in [0, 0.05) is 36.0 Å². The highest BCUT2D eigenvalue weighted by atomic mass is 79.9. The van der Waals surface area contributed by atoms with Crippen LogP contribution in [0.25, 0.3) is 0 Å². The lowest BCUT2D eigenvalue weighted by atomic mass is 9.92. The van der Waals surface area contributed by atoms with Gasteiger partial charge in [-0.2, -0.15) is 0 Å². The summed E-state index contributed by atoms with van der Waals surface area (Å²) in [4.78, 5) is 18.4. The molecule has 2 rings (SSSR count). The summed E-state index contributed by atoms with van der Waals surface area (Å²) in [7, 11) is 0. The third-order valence-corrected chi connectivity index (χ3v) is 3.90. The minimum Gasteiger partial charge on any atom is -0.334 e. The van der Waals surface area contributed by atoms with Crippen LogP contribution in [0.3, 0.4) is 0 Å². The standard InChI is InChI=1S/C13H18BrN3O/c1-9-2-3-17(12(4-9)6-15)13(18)10-5-11(14)8-16-7-10/h5,7-9,12H,2-4,6,15H2,1H3. The largest absolute Gasteiger partial charge is 0.334 e. The van der Waals surface area contributed by atoms with Crippen molar-refractivity contribution in [1.29, 1.82) is 0 Å². The zero-order chi connectivity index (χ0) is 13.1. The first-order valence-electron chi connectivity index (χ1n) is 6.23. The topological polar surface area (TPSA) is 59.2 Å². The van der Waals surface area contributed by atoms with E-state index in [1.54, 1.807) is 18.5 Å². The van der Waals surface area contributed by atoms with Crippen LogP contribution in [0.2, 0.25) is 0 Å². The number of rotatable bonds is 2. The van der Waals surface area contributed by atoms with Crippen molar-refractivity contribution in [2.45, 2.75) is 25.8 Å². The van der Waals surface area contributed by atoms with Gasteiger partial charge in [0.05, 0.1) is 5.56 Å². The summed E-state index contributed by atoms with van der Waals surface area (Å²) in [6.45, 7) is 3.52. The second-order valence-corrected chi connectivity index (χ2v) is 5.83. The van der Waals surface area contributed by atoms with Gasteiger partial charge in [-0.05, 0) is 40.8 Å². The number of halogens is 1. The van der Waals surface area contributed by atoms with E-state index < -0.39 is 0 Å². The Morgan fingerprint density at radius 3 is 3.06 bits per heavy atom. The van der Waals surface area contributed by atoms with Crippen LogP contribution >= 0.6 is 15.9 Å². The van der Waals surface area contributed by atoms with Crippen molar-refractivity contribution >= 4 is 21.8 Å². The number of carbonyl (C=O) groups is 1. The number of piperidine rings is 1. The third kappa shape index (κ3) is 2.90. The van der Waals surface area contributed by atoms with Gasteiger partial charge in [-0.1, -0.05) is 6.92 Å². The number of likely N-dealkylation sites (tertiary alicyclic amines) is 1. The molecular weight excluding hydrogens is 294 g/mol. The van der Waals surface area contributed by atoms with Crippen molar-refractivity contribution < 1.29 is 4.79 Å². The predicted octanol–water partition coefficient (Wildman–Crippen LogP) is 2.04. The number of nitrogens with two attached hydrogens (primary N) is 1. The third-order valence-electron chi connectivity index (χ3n) is 3.46. The predicted molar refractivity (Wildman–Crippen MR) is 74.2 cm³/mol. The molecule has 1 aromatic heterocycles. The normalized spacial score (nSPS) is 24.1. The van der Waals surface area contributed by atoms with E-state index in [-0.39, 0.29) is 11.9 Å². The first-order valence-corrected chi connectivity index (χ1v) is 7.02. The monoisotopic (exact) mass is 311 g/mol. The highest BCUT2D eigenvalue weighted by Gasteiger charge is 2.29. The molecule has 2 heterocycles. The van der Waals surface area contributed by atoms with Crippen molar-refractivity contribution in [2.24, 2.45) is 11.7 Å². The molecule has 1 fully saturated rings. The summed E-state index contributed by atoms with van der Waals surface area (Å²) >= 11 is 3.34. The first-order chi connectivity index (χ1) is 8.61. The molecule has 2 N–H and O–H groups in total. The molecule has 1 saturated heterocycles. The van der Waals surface area contributed by atoms with Gasteiger partial charge in [0.2, 0.25) is 0 Å². The minimum absolute atomic E-state index is 0.0335. The van der Waals surface area contributed by atoms with E-state index in [4.69, 9.17) is 5.73 Å². The number of hydrogen-bond acceptors (Lipinski definition) is 3. The average molecular weight is 312 g/mol. The molecular formula is C13H18BrN3O. The molecule has 0 radical (unpaired) electrons. The molecule has 1 aliphatic rings. The van der Waals surface area contributed by atoms with Crippen molar-refractivity contribution in [2.75, 3.05) is 13.1 Å². The molecule has 4 nitrogen and oxygen atoms in total. The number of nitrogens with zero attached hydrogens (tertiary/aromatic N) is 2. The first kappa shape index (κ1) is 13.5. The molecule has 0 aliphatic carbocycles. The van der Waals surface area contributed by atoms with Crippen molar-refractivity contribution in [3.63, 3.8) is 0 Å². The Morgan fingerprint density at radius 2 is 2.39 bits per heavy atom. The highest BCUT2D eigenvalue weighted by molar-refractivity contribution is 9.10. The number of aromatic nitrogens is 1. The lowest BCUT2D eigenvalue weighted by molar-refractivity contribution is 0.0573. The molecule has 0 saturated carbocycles. The van der Waals surface area contributed by atoms with Gasteiger partial charge in [0.1, 0.15) is 0 Å². The maximum atomic E-state index is 12.4. The minimum atomic E-state index is 0.0335. The molecule has 1 amide bonds. The fourth-order valence-corrected chi connectivity index (χ4v) is 2.80. The molecule has 1 aliphatic heterocycles. The lowest BCUT2D eigenvalue weighted by Crippen LogP contribution is -2.49. The maximum Gasteiger partial charge on any atom is 0.255 e. The molecule has 1 aromatic rings. The molecule has 0 aromatic carbocycles. The Kier molecular flexibility index (Phi) is 4.35. The zero-order valence-electron chi connectivity index (χ0n) is 10.5. The van der Waals surface area contributed by atoms with Gasteiger partial charge < -0.3 is 10.6 Å². The van der Waals surface area contributed by atoms with Crippen LogP contribution in [0.1, 0.15) is 30.1 Å². The smallest absolute Gasteiger partial charge is 0.255 e. The van der Waals surface area contributed by atoms with Crippen molar-refractivity contribution in [3.05, 3.63) is 28.5 Å². The van der Waals surface area contributed by atoms with E-state index in [0.29, 0.717) is 18.0 Å². The van der Waals surface area contributed by atoms with Gasteiger partial charge in [0.15, 0.2) is 0 Å². The molecule has 0 spiro atoms. The summed E-state index contributed by atoms with van der Waals surface area (Å²) in [5.41, 5.74) is 6.41. The Labute approximate surface area is 116 Å². The molecule has 2 atom stereocenters. The van der Waals surface area contributed by atoms with Gasteiger partial charge in [-0.3, -0.25) is 9.78 Å². The summed E-state index contributed by atoms with van der Waals surface area (Å²) in [5, 5.41) is 0. The highest BCUT2D eigenvalue weighted by Crippen LogP contribution is 2.24. The average Bonchev–Trinajstić information content (AvgIpc) is 2.37. The van der Waals surface area contributed by atoms with Crippen LogP contribution in [0.4, 0.5) is 0 Å². The van der Waals surface area contributed by atoms with E-state index in [2.05, 4.69) is 27.8 Å². The quantitative estimate of drug-likeness (QED) is 0.909. The van der Waals surface area contributed by atoms with Crippen LogP contribution in [0.15, 0.2) is 22.9 Å². The second-order valence-electron chi connectivity index (χ2n) is 4.91. The van der Waals surface area contributed by atoms with Crippen molar-refractivity contribution in [1.82, 2.24) is 9.88 Å². The summed E-state index contributed by atoms with van der Waals surface area (Å²) in [5.74, 6) is 0.675. The zero-order valence-corrected chi connectivity index (χ0v) is 12.1. The van der Waals surface area contributed by atoms with E-state index in [1.807, 2.05) is 4.90 Å². The second kappa shape index (κ2) is 5.80. The molecule has 2 unspecified atom stereocenters. The molecule has 0 bridgehead atoms. The number of pyridine rings is 1. The van der Waals surface area contributed by atoms with Gasteiger partial charge in [-0.15, -0.1) is 0 Å². The van der Waals surface area contributed by atoms with Crippen LogP contribution in [0, 0.1) is 5.92 Å². The fourth-order valence-electron chi connectivity index (χ4n) is 2.44. The lowest BCUT2D eigenvalue weighted by Gasteiger charge is -2.38. The van der Waals surface area contributed by atoms with E-state index in [0.717, 1.165) is 23.9 Å². The summed E-state index contributed by atoms with van der Waals surface area (Å²) < 4.78 is 0.822. The summed E-state index contributed by atoms with van der Waals surface area (Å²) in [6, 6.07) is 1.96. The molecule has 5 heteroatoms. The molecule has 98 valence electrons. The fraction of sp³-hybridized carbons (Fsp3) is 0.538. The maximum absolute atomic E-state index is 12.4.